The molecule has 4 aliphatic rings. The summed E-state index contributed by atoms with van der Waals surface area (Å²) >= 11 is 0. The molecule has 0 bridgehead atoms. The molecule has 0 saturated heterocycles. The average Bonchev–Trinajstić information content (AvgIpc) is 2.96. The summed E-state index contributed by atoms with van der Waals surface area (Å²) in [5, 5.41) is 0. The lowest BCUT2D eigenvalue weighted by Gasteiger charge is -2.60. The van der Waals surface area contributed by atoms with E-state index in [4.69, 9.17) is 0 Å². The minimum absolute atomic E-state index is 0.568. The van der Waals surface area contributed by atoms with Crippen LogP contribution in [0.1, 0.15) is 111 Å². The molecule has 0 nitrogen and oxygen atoms in total. The number of hydrogen-bond donors (Lipinski definition) is 0. The Balaban J connectivity index is 1.51. The Hall–Kier alpha value is -0.260. The highest BCUT2D eigenvalue weighted by Gasteiger charge is 2.58. The van der Waals surface area contributed by atoms with E-state index < -0.39 is 0 Å². The van der Waals surface area contributed by atoms with Crippen LogP contribution in [0.25, 0.3) is 0 Å². The Labute approximate surface area is 163 Å². The summed E-state index contributed by atoms with van der Waals surface area (Å²) in [5.74, 6) is 5.14. The van der Waals surface area contributed by atoms with Crippen molar-refractivity contribution < 1.29 is 0 Å². The van der Waals surface area contributed by atoms with Crippen molar-refractivity contribution >= 4 is 0 Å². The average molecular weight is 357 g/mol. The fourth-order valence-corrected chi connectivity index (χ4v) is 8.33. The van der Waals surface area contributed by atoms with Gasteiger partial charge < -0.3 is 0 Å². The highest BCUT2D eigenvalue weighted by molar-refractivity contribution is 5.24. The zero-order valence-corrected chi connectivity index (χ0v) is 18.2. The van der Waals surface area contributed by atoms with E-state index in [0.29, 0.717) is 10.8 Å². The molecule has 0 amide bonds. The third kappa shape index (κ3) is 3.02. The van der Waals surface area contributed by atoms with E-state index in [1.54, 1.807) is 12.8 Å². The van der Waals surface area contributed by atoms with E-state index in [2.05, 4.69) is 33.8 Å². The van der Waals surface area contributed by atoms with Crippen molar-refractivity contribution in [1.29, 1.82) is 0 Å². The predicted octanol–water partition coefficient (Wildman–Crippen LogP) is 8.17. The molecule has 4 aliphatic carbocycles. The van der Waals surface area contributed by atoms with Crippen LogP contribution < -0.4 is 0 Å². The number of allylic oxidation sites excluding steroid dienone is 2. The molecule has 0 radical (unpaired) electrons. The fourth-order valence-electron chi connectivity index (χ4n) is 8.33. The molecule has 148 valence electrons. The normalized spacial score (nSPS) is 49.5. The van der Waals surface area contributed by atoms with Crippen LogP contribution in [0, 0.1) is 40.4 Å². The van der Waals surface area contributed by atoms with Gasteiger partial charge >= 0.3 is 0 Å². The van der Waals surface area contributed by atoms with E-state index in [0.717, 1.165) is 29.6 Å². The van der Waals surface area contributed by atoms with Gasteiger partial charge in [-0.3, -0.25) is 0 Å². The van der Waals surface area contributed by atoms with Crippen LogP contribution in [-0.2, 0) is 0 Å². The standard InChI is InChI=1S/C26H44/c1-5-6-7-8-9-20-11-13-23-22-12-10-21-18-19(2)14-16-26(21,4)24(22)15-17-25(20,23)3/h9,19,21-24H,5-8,10-18H2,1-4H3/b20-9-. The quantitative estimate of drug-likeness (QED) is 0.352. The van der Waals surface area contributed by atoms with Crippen LogP contribution >= 0.6 is 0 Å². The summed E-state index contributed by atoms with van der Waals surface area (Å²) in [5.41, 5.74) is 3.13. The number of rotatable bonds is 4. The molecular weight excluding hydrogens is 312 g/mol. The van der Waals surface area contributed by atoms with E-state index in [1.807, 2.05) is 5.57 Å². The van der Waals surface area contributed by atoms with Gasteiger partial charge in [-0.2, -0.15) is 0 Å². The summed E-state index contributed by atoms with van der Waals surface area (Å²) in [6, 6.07) is 0. The first-order chi connectivity index (χ1) is 12.5. The van der Waals surface area contributed by atoms with Gasteiger partial charge in [0.15, 0.2) is 0 Å². The summed E-state index contributed by atoms with van der Waals surface area (Å²) < 4.78 is 0. The van der Waals surface area contributed by atoms with Crippen LogP contribution in [0.4, 0.5) is 0 Å². The molecule has 4 fully saturated rings. The molecule has 4 saturated carbocycles. The molecule has 26 heavy (non-hydrogen) atoms. The van der Waals surface area contributed by atoms with Gasteiger partial charge in [-0.15, -0.1) is 0 Å². The molecular formula is C26H44. The molecule has 7 unspecified atom stereocenters. The van der Waals surface area contributed by atoms with Crippen molar-refractivity contribution in [1.82, 2.24) is 0 Å². The van der Waals surface area contributed by atoms with Crippen LogP contribution in [-0.4, -0.2) is 0 Å². The summed E-state index contributed by atoms with van der Waals surface area (Å²) in [6.45, 7) is 10.2. The van der Waals surface area contributed by atoms with E-state index in [-0.39, 0.29) is 0 Å². The zero-order valence-electron chi connectivity index (χ0n) is 18.2. The highest BCUT2D eigenvalue weighted by Crippen LogP contribution is 2.67. The van der Waals surface area contributed by atoms with E-state index >= 15 is 0 Å². The van der Waals surface area contributed by atoms with Crippen molar-refractivity contribution in [3.8, 4) is 0 Å². The molecule has 0 heteroatoms. The van der Waals surface area contributed by atoms with Gasteiger partial charge in [0, 0.05) is 0 Å². The Morgan fingerprint density at radius 3 is 2.62 bits per heavy atom. The first-order valence-corrected chi connectivity index (χ1v) is 12.2. The largest absolute Gasteiger partial charge is 0.0848 e. The maximum Gasteiger partial charge on any atom is -0.00852 e. The predicted molar refractivity (Wildman–Crippen MR) is 113 cm³/mol. The van der Waals surface area contributed by atoms with Gasteiger partial charge in [-0.05, 0) is 105 Å². The first kappa shape index (κ1) is 19.1. The topological polar surface area (TPSA) is 0 Å². The maximum absolute atomic E-state index is 2.72. The highest BCUT2D eigenvalue weighted by atomic mass is 14.6. The SMILES string of the molecule is CCCCC/C=C1/CCC2C3CCC4CC(C)CCC4(C)C3CCC12C. The van der Waals surface area contributed by atoms with Crippen molar-refractivity contribution in [2.75, 3.05) is 0 Å². The van der Waals surface area contributed by atoms with Crippen molar-refractivity contribution in [3.05, 3.63) is 11.6 Å². The number of hydrogen-bond acceptors (Lipinski definition) is 0. The van der Waals surface area contributed by atoms with E-state index in [1.165, 1.54) is 70.6 Å². The van der Waals surface area contributed by atoms with Gasteiger partial charge in [0.05, 0.1) is 0 Å². The monoisotopic (exact) mass is 356 g/mol. The second kappa shape index (κ2) is 7.29. The summed E-state index contributed by atoms with van der Waals surface area (Å²) in [7, 11) is 0. The Morgan fingerprint density at radius 2 is 1.81 bits per heavy atom. The van der Waals surface area contributed by atoms with Gasteiger partial charge in [0.1, 0.15) is 0 Å². The number of fused-ring (bicyclic) bond motifs is 5. The lowest BCUT2D eigenvalue weighted by Crippen LogP contribution is -2.52. The molecule has 0 aromatic carbocycles. The van der Waals surface area contributed by atoms with Crippen LogP contribution in [0.3, 0.4) is 0 Å². The smallest absolute Gasteiger partial charge is 0.00852 e. The second-order valence-electron chi connectivity index (χ2n) is 11.3. The molecule has 0 N–H and O–H groups in total. The molecule has 0 spiro atoms. The Bertz CT molecular complexity index is 530. The second-order valence-corrected chi connectivity index (χ2v) is 11.3. The Kier molecular flexibility index (Phi) is 5.35. The fraction of sp³-hybridized carbons (Fsp3) is 0.923. The molecule has 0 heterocycles. The van der Waals surface area contributed by atoms with Gasteiger partial charge in [-0.1, -0.05) is 58.6 Å². The molecule has 0 aromatic heterocycles. The van der Waals surface area contributed by atoms with Crippen molar-refractivity contribution in [2.24, 2.45) is 40.4 Å². The third-order valence-corrected chi connectivity index (χ3v) is 9.97. The molecule has 4 rings (SSSR count). The third-order valence-electron chi connectivity index (χ3n) is 9.97. The molecule has 0 aromatic rings. The molecule has 7 atom stereocenters. The minimum Gasteiger partial charge on any atom is -0.0848 e. The minimum atomic E-state index is 0.568. The summed E-state index contributed by atoms with van der Waals surface area (Å²) in [6.07, 6.45) is 21.8. The maximum atomic E-state index is 2.72. The first-order valence-electron chi connectivity index (χ1n) is 12.2. The zero-order chi connectivity index (χ0) is 18.4. The van der Waals surface area contributed by atoms with Crippen LogP contribution in [0.5, 0.6) is 0 Å². The van der Waals surface area contributed by atoms with Gasteiger partial charge in [-0.25, -0.2) is 0 Å². The van der Waals surface area contributed by atoms with Crippen LogP contribution in [0.2, 0.25) is 0 Å². The van der Waals surface area contributed by atoms with Crippen LogP contribution in [0.15, 0.2) is 11.6 Å². The van der Waals surface area contributed by atoms with Gasteiger partial charge in [0.2, 0.25) is 0 Å². The summed E-state index contributed by atoms with van der Waals surface area (Å²) in [4.78, 5) is 0. The lowest BCUT2D eigenvalue weighted by molar-refractivity contribution is -0.105. The van der Waals surface area contributed by atoms with E-state index in [9.17, 15) is 0 Å². The molecule has 0 aliphatic heterocycles. The van der Waals surface area contributed by atoms with Crippen molar-refractivity contribution in [3.63, 3.8) is 0 Å². The number of unbranched alkanes of at least 4 members (excludes halogenated alkanes) is 3. The lowest BCUT2D eigenvalue weighted by atomic mass is 9.44. The Morgan fingerprint density at radius 1 is 0.962 bits per heavy atom. The van der Waals surface area contributed by atoms with Crippen molar-refractivity contribution in [2.45, 2.75) is 111 Å². The van der Waals surface area contributed by atoms with Gasteiger partial charge in [0.25, 0.3) is 0 Å².